The molecule has 0 fully saturated rings. The number of carbonyl (C=O) groups excluding carboxylic acids is 1. The van der Waals surface area contributed by atoms with Gasteiger partial charge < -0.3 is 4.74 Å². The monoisotopic (exact) mass is 278 g/mol. The van der Waals surface area contributed by atoms with Crippen LogP contribution in [0.25, 0.3) is 11.1 Å². The zero-order valence-electron chi connectivity index (χ0n) is 12.8. The largest absolute Gasteiger partial charge is 0.496 e. The van der Waals surface area contributed by atoms with Gasteiger partial charge in [0.2, 0.25) is 0 Å². The Labute approximate surface area is 125 Å². The molecule has 0 aromatic heterocycles. The Balaban J connectivity index is 2.71. The van der Waals surface area contributed by atoms with Crippen molar-refractivity contribution in [3.8, 4) is 28.7 Å². The Kier molecular flexibility index (Phi) is 4.45. The minimum Gasteiger partial charge on any atom is -0.496 e. The highest BCUT2D eigenvalue weighted by Crippen LogP contribution is 2.35. The highest BCUT2D eigenvalue weighted by Gasteiger charge is 2.13. The molecule has 0 saturated heterocycles. The van der Waals surface area contributed by atoms with E-state index in [0.717, 1.165) is 39.9 Å². The minimum atomic E-state index is 0.641. The quantitative estimate of drug-likeness (QED) is 0.622. The van der Waals surface area contributed by atoms with Crippen molar-refractivity contribution >= 4 is 6.29 Å². The average Bonchev–Trinajstić information content (AvgIpc) is 2.46. The van der Waals surface area contributed by atoms with Crippen LogP contribution in [0.1, 0.15) is 34.0 Å². The number of ether oxygens (including phenoxy) is 1. The van der Waals surface area contributed by atoms with Gasteiger partial charge in [-0.2, -0.15) is 0 Å². The molecule has 106 valence electrons. The number of methoxy groups -OCH3 is 1. The Morgan fingerprint density at radius 3 is 2.29 bits per heavy atom. The van der Waals surface area contributed by atoms with Crippen molar-refractivity contribution in [1.82, 2.24) is 0 Å². The van der Waals surface area contributed by atoms with Crippen LogP contribution in [-0.2, 0) is 0 Å². The fourth-order valence-electron chi connectivity index (χ4n) is 2.60. The van der Waals surface area contributed by atoms with Crippen LogP contribution in [-0.4, -0.2) is 13.4 Å². The third-order valence-electron chi connectivity index (χ3n) is 3.43. The normalized spacial score (nSPS) is 9.71. The summed E-state index contributed by atoms with van der Waals surface area (Å²) in [5, 5.41) is 0. The Morgan fingerprint density at radius 1 is 1.10 bits per heavy atom. The maximum atomic E-state index is 11.0. The van der Waals surface area contributed by atoms with E-state index in [1.54, 1.807) is 13.2 Å². The Morgan fingerprint density at radius 2 is 1.76 bits per heavy atom. The summed E-state index contributed by atoms with van der Waals surface area (Å²) < 4.78 is 5.44. The molecular formula is C19H18O2. The zero-order valence-corrected chi connectivity index (χ0v) is 12.8. The number of hydrogen-bond donors (Lipinski definition) is 0. The molecule has 0 atom stereocenters. The number of hydrogen-bond acceptors (Lipinski definition) is 2. The van der Waals surface area contributed by atoms with Crippen LogP contribution in [0.15, 0.2) is 30.3 Å². The number of aryl methyl sites for hydroxylation is 2. The van der Waals surface area contributed by atoms with E-state index in [-0.39, 0.29) is 0 Å². The van der Waals surface area contributed by atoms with Gasteiger partial charge in [0.1, 0.15) is 12.0 Å². The Hall–Kier alpha value is -2.53. The fourth-order valence-corrected chi connectivity index (χ4v) is 2.60. The van der Waals surface area contributed by atoms with E-state index >= 15 is 0 Å². The second kappa shape index (κ2) is 6.28. The molecule has 0 unspecified atom stereocenters. The number of aldehydes is 1. The lowest BCUT2D eigenvalue weighted by atomic mass is 9.92. The third kappa shape index (κ3) is 2.98. The molecule has 0 N–H and O–H groups in total. The summed E-state index contributed by atoms with van der Waals surface area (Å²) in [6, 6.07) is 9.58. The van der Waals surface area contributed by atoms with Crippen molar-refractivity contribution in [3.05, 3.63) is 52.6 Å². The van der Waals surface area contributed by atoms with Crippen LogP contribution in [0.5, 0.6) is 5.75 Å². The molecule has 2 rings (SSSR count). The molecule has 21 heavy (non-hydrogen) atoms. The standard InChI is InChI=1S/C19H18O2/c1-5-6-15-9-13(2)19(14(3)10-15)17-11-16(12-20)7-8-18(17)21-4/h7-12H,1-4H3. The van der Waals surface area contributed by atoms with Gasteiger partial charge in [0, 0.05) is 16.7 Å². The molecular weight excluding hydrogens is 260 g/mol. The maximum Gasteiger partial charge on any atom is 0.150 e. The first kappa shape index (κ1) is 14.9. The van der Waals surface area contributed by atoms with Gasteiger partial charge in [-0.1, -0.05) is 5.92 Å². The van der Waals surface area contributed by atoms with Gasteiger partial charge in [0.25, 0.3) is 0 Å². The Bertz CT molecular complexity index is 723. The SMILES string of the molecule is CC#Cc1cc(C)c(-c2cc(C=O)ccc2OC)c(C)c1. The van der Waals surface area contributed by atoms with E-state index in [1.807, 2.05) is 19.1 Å². The topological polar surface area (TPSA) is 26.3 Å². The van der Waals surface area contributed by atoms with Crippen molar-refractivity contribution in [2.45, 2.75) is 20.8 Å². The predicted octanol–water partition coefficient (Wildman–Crippen LogP) is 4.16. The molecule has 0 bridgehead atoms. The molecule has 0 spiro atoms. The lowest BCUT2D eigenvalue weighted by molar-refractivity contribution is 0.112. The summed E-state index contributed by atoms with van der Waals surface area (Å²) in [6.07, 6.45) is 0.852. The minimum absolute atomic E-state index is 0.641. The number of carbonyl (C=O) groups is 1. The average molecular weight is 278 g/mol. The van der Waals surface area contributed by atoms with E-state index in [0.29, 0.717) is 5.56 Å². The smallest absolute Gasteiger partial charge is 0.150 e. The highest BCUT2D eigenvalue weighted by molar-refractivity contribution is 5.84. The van der Waals surface area contributed by atoms with Crippen LogP contribution in [0.4, 0.5) is 0 Å². The second-order valence-corrected chi connectivity index (χ2v) is 4.94. The molecule has 2 aromatic rings. The molecule has 0 aliphatic heterocycles. The summed E-state index contributed by atoms with van der Waals surface area (Å²) in [7, 11) is 1.64. The van der Waals surface area contributed by atoms with Crippen molar-refractivity contribution in [2.24, 2.45) is 0 Å². The van der Waals surface area contributed by atoms with Crippen LogP contribution >= 0.6 is 0 Å². The first-order chi connectivity index (χ1) is 10.1. The summed E-state index contributed by atoms with van der Waals surface area (Å²) >= 11 is 0. The predicted molar refractivity (Wildman–Crippen MR) is 85.8 cm³/mol. The van der Waals surface area contributed by atoms with Crippen LogP contribution < -0.4 is 4.74 Å². The second-order valence-electron chi connectivity index (χ2n) is 4.94. The lowest BCUT2D eigenvalue weighted by Gasteiger charge is -2.15. The van der Waals surface area contributed by atoms with Gasteiger partial charge in [0.05, 0.1) is 7.11 Å². The maximum absolute atomic E-state index is 11.0. The molecule has 2 aromatic carbocycles. The van der Waals surface area contributed by atoms with Crippen molar-refractivity contribution in [3.63, 3.8) is 0 Å². The zero-order chi connectivity index (χ0) is 15.4. The first-order valence-electron chi connectivity index (χ1n) is 6.78. The van der Waals surface area contributed by atoms with Gasteiger partial charge in [-0.15, -0.1) is 5.92 Å². The third-order valence-corrected chi connectivity index (χ3v) is 3.43. The van der Waals surface area contributed by atoms with Crippen molar-refractivity contribution < 1.29 is 9.53 Å². The van der Waals surface area contributed by atoms with Crippen molar-refractivity contribution in [2.75, 3.05) is 7.11 Å². The van der Waals surface area contributed by atoms with E-state index in [2.05, 4.69) is 37.8 Å². The van der Waals surface area contributed by atoms with Gasteiger partial charge in [-0.25, -0.2) is 0 Å². The van der Waals surface area contributed by atoms with Crippen LogP contribution in [0.3, 0.4) is 0 Å². The fraction of sp³-hybridized carbons (Fsp3) is 0.211. The number of benzene rings is 2. The molecule has 0 aliphatic carbocycles. The molecule has 2 heteroatoms. The summed E-state index contributed by atoms with van der Waals surface area (Å²) in [4.78, 5) is 11.0. The lowest BCUT2D eigenvalue weighted by Crippen LogP contribution is -1.95. The van der Waals surface area contributed by atoms with Crippen LogP contribution in [0.2, 0.25) is 0 Å². The molecule has 0 aliphatic rings. The van der Waals surface area contributed by atoms with Crippen LogP contribution in [0, 0.1) is 25.7 Å². The highest BCUT2D eigenvalue weighted by atomic mass is 16.5. The summed E-state index contributed by atoms with van der Waals surface area (Å²) in [6.45, 7) is 5.93. The molecule has 0 radical (unpaired) electrons. The molecule has 0 saturated carbocycles. The van der Waals surface area contributed by atoms with Crippen molar-refractivity contribution in [1.29, 1.82) is 0 Å². The number of rotatable bonds is 3. The van der Waals surface area contributed by atoms with Gasteiger partial charge >= 0.3 is 0 Å². The molecule has 2 nitrogen and oxygen atoms in total. The first-order valence-corrected chi connectivity index (χ1v) is 6.78. The van der Waals surface area contributed by atoms with E-state index in [4.69, 9.17) is 4.74 Å². The van der Waals surface area contributed by atoms with E-state index < -0.39 is 0 Å². The van der Waals surface area contributed by atoms with E-state index in [9.17, 15) is 4.79 Å². The summed E-state index contributed by atoms with van der Waals surface area (Å²) in [5.41, 5.74) is 5.91. The molecule has 0 amide bonds. The van der Waals surface area contributed by atoms with Gasteiger partial charge in [0.15, 0.2) is 0 Å². The summed E-state index contributed by atoms with van der Waals surface area (Å²) in [5.74, 6) is 6.76. The van der Waals surface area contributed by atoms with E-state index in [1.165, 1.54) is 0 Å². The van der Waals surface area contributed by atoms with Gasteiger partial charge in [-0.05, 0) is 67.8 Å². The molecule has 0 heterocycles. The van der Waals surface area contributed by atoms with Gasteiger partial charge in [-0.3, -0.25) is 4.79 Å².